The van der Waals surface area contributed by atoms with Crippen molar-refractivity contribution in [2.75, 3.05) is 59.5 Å². The van der Waals surface area contributed by atoms with Crippen molar-refractivity contribution in [3.05, 3.63) is 50.6 Å². The molecule has 1 unspecified atom stereocenters. The second kappa shape index (κ2) is 25.3. The fourth-order valence-electron chi connectivity index (χ4n) is 3.59. The van der Waals surface area contributed by atoms with E-state index in [0.717, 1.165) is 24.3 Å². The van der Waals surface area contributed by atoms with Gasteiger partial charge < -0.3 is 37.9 Å². The molecular formula is C34H48O15. The zero-order valence-electron chi connectivity index (χ0n) is 28.4. The van der Waals surface area contributed by atoms with E-state index in [1.54, 1.807) is 13.8 Å². The average Bonchev–Trinajstić information content (AvgIpc) is 3.12. The molecule has 0 spiro atoms. The van der Waals surface area contributed by atoms with Gasteiger partial charge in [0.1, 0.15) is 39.6 Å². The molecule has 0 radical (unpaired) electrons. The molecule has 0 heterocycles. The van der Waals surface area contributed by atoms with Crippen molar-refractivity contribution >= 4 is 41.8 Å². The highest BCUT2D eigenvalue weighted by Gasteiger charge is 2.40. The lowest BCUT2D eigenvalue weighted by Crippen LogP contribution is -2.47. The van der Waals surface area contributed by atoms with E-state index in [-0.39, 0.29) is 39.1 Å². The van der Waals surface area contributed by atoms with E-state index < -0.39 is 92.3 Å². The molecule has 15 nitrogen and oxygen atoms in total. The van der Waals surface area contributed by atoms with E-state index in [0.29, 0.717) is 19.3 Å². The van der Waals surface area contributed by atoms with Crippen LogP contribution in [0.15, 0.2) is 50.6 Å². The molecule has 0 aromatic rings. The first-order chi connectivity index (χ1) is 23.3. The normalized spacial score (nSPS) is 11.8. The van der Waals surface area contributed by atoms with Gasteiger partial charge in [0.25, 0.3) is 0 Å². The number of ether oxygens (including phenoxy) is 8. The molecule has 274 valence electrons. The molecule has 0 amide bonds. The van der Waals surface area contributed by atoms with Crippen molar-refractivity contribution in [2.24, 2.45) is 10.8 Å². The topological polar surface area (TPSA) is 193 Å². The van der Waals surface area contributed by atoms with Crippen LogP contribution in [0.3, 0.4) is 0 Å². The fourth-order valence-corrected chi connectivity index (χ4v) is 3.59. The second-order valence-electron chi connectivity index (χ2n) is 10.8. The van der Waals surface area contributed by atoms with Crippen molar-refractivity contribution in [1.82, 2.24) is 0 Å². The van der Waals surface area contributed by atoms with Crippen LogP contribution in [0.2, 0.25) is 0 Å². The predicted molar refractivity (Wildman–Crippen MR) is 172 cm³/mol. The van der Waals surface area contributed by atoms with Crippen molar-refractivity contribution in [2.45, 2.75) is 52.4 Å². The van der Waals surface area contributed by atoms with Crippen molar-refractivity contribution < 1.29 is 71.5 Å². The lowest BCUT2D eigenvalue weighted by molar-refractivity contribution is -0.172. The fraction of sp³-hybridized carbons (Fsp3) is 0.559. The Kier molecular flexibility index (Phi) is 22.8. The summed E-state index contributed by atoms with van der Waals surface area (Å²) < 4.78 is 42.8. The summed E-state index contributed by atoms with van der Waals surface area (Å²) in [5.41, 5.74) is -2.91. The molecule has 0 bridgehead atoms. The summed E-state index contributed by atoms with van der Waals surface area (Å²) in [5, 5.41) is 0. The average molecular weight is 697 g/mol. The third-order valence-electron chi connectivity index (χ3n) is 6.51. The molecule has 0 aromatic carbocycles. The summed E-state index contributed by atoms with van der Waals surface area (Å²) in [7, 11) is 0. The molecular weight excluding hydrogens is 648 g/mol. The Morgan fingerprint density at radius 2 is 0.796 bits per heavy atom. The highest BCUT2D eigenvalue weighted by atomic mass is 16.6. The van der Waals surface area contributed by atoms with Crippen molar-refractivity contribution in [3.63, 3.8) is 0 Å². The minimum absolute atomic E-state index is 0.00276. The van der Waals surface area contributed by atoms with Crippen LogP contribution in [0, 0.1) is 10.8 Å². The molecule has 0 rings (SSSR count). The van der Waals surface area contributed by atoms with E-state index in [1.165, 1.54) is 0 Å². The van der Waals surface area contributed by atoms with Crippen LogP contribution < -0.4 is 0 Å². The van der Waals surface area contributed by atoms with Crippen LogP contribution >= 0.6 is 0 Å². The molecule has 1 atom stereocenters. The predicted octanol–water partition coefficient (Wildman–Crippen LogP) is 2.90. The van der Waals surface area contributed by atoms with E-state index in [4.69, 9.17) is 37.9 Å². The Balaban J connectivity index is 6.13. The van der Waals surface area contributed by atoms with Crippen LogP contribution in [-0.4, -0.2) is 101 Å². The zero-order valence-corrected chi connectivity index (χ0v) is 28.4. The summed E-state index contributed by atoms with van der Waals surface area (Å²) in [6.07, 6.45) is 5.29. The lowest BCUT2D eigenvalue weighted by Gasteiger charge is -2.35. The number of carbonyl (C=O) groups excluding carboxylic acids is 7. The maximum absolute atomic E-state index is 12.7. The molecule has 0 aliphatic carbocycles. The van der Waals surface area contributed by atoms with E-state index in [2.05, 4.69) is 26.3 Å². The number of hydrogen-bond donors (Lipinski definition) is 0. The van der Waals surface area contributed by atoms with Crippen molar-refractivity contribution in [3.8, 4) is 0 Å². The Bertz CT molecular complexity index is 1130. The lowest BCUT2D eigenvalue weighted by atomic mass is 9.90. The third-order valence-corrected chi connectivity index (χ3v) is 6.51. The zero-order chi connectivity index (χ0) is 37.1. The summed E-state index contributed by atoms with van der Waals surface area (Å²) in [5.74, 6) is -4.81. The minimum atomic E-state index is -1.46. The van der Waals surface area contributed by atoms with Crippen LogP contribution in [0.1, 0.15) is 52.4 Å². The smallest absolute Gasteiger partial charge is 0.330 e. The quantitative estimate of drug-likeness (QED) is 0.0501. The van der Waals surface area contributed by atoms with Gasteiger partial charge in [0.2, 0.25) is 0 Å². The van der Waals surface area contributed by atoms with Crippen LogP contribution in [-0.2, 0) is 71.5 Å². The molecule has 0 fully saturated rings. The first-order valence-electron chi connectivity index (χ1n) is 15.5. The van der Waals surface area contributed by atoms with Gasteiger partial charge in [-0.25, -0.2) is 19.2 Å². The van der Waals surface area contributed by atoms with E-state index in [1.807, 2.05) is 0 Å². The summed E-state index contributed by atoms with van der Waals surface area (Å²) >= 11 is 0. The monoisotopic (exact) mass is 696 g/mol. The summed E-state index contributed by atoms with van der Waals surface area (Å²) in [6.45, 7) is 13.3. The Labute approximate surface area is 286 Å². The molecule has 0 saturated carbocycles. The maximum atomic E-state index is 12.7. The largest absolute Gasteiger partial charge is 0.465 e. The number of rotatable bonds is 28. The molecule has 15 heteroatoms. The highest BCUT2D eigenvalue weighted by molar-refractivity contribution is 5.82. The van der Waals surface area contributed by atoms with E-state index >= 15 is 0 Å². The second-order valence-corrected chi connectivity index (χ2v) is 10.8. The first kappa shape index (κ1) is 44.2. The molecule has 0 aliphatic rings. The van der Waals surface area contributed by atoms with Crippen LogP contribution in [0.5, 0.6) is 0 Å². The van der Waals surface area contributed by atoms with Gasteiger partial charge in [-0.05, 0) is 19.3 Å². The molecule has 49 heavy (non-hydrogen) atoms. The number of esters is 7. The molecule has 0 aliphatic heterocycles. The van der Waals surface area contributed by atoms with Gasteiger partial charge in [-0.3, -0.25) is 14.4 Å². The Hall–Kier alpha value is -4.79. The first-order valence-corrected chi connectivity index (χ1v) is 15.5. The molecule has 0 aromatic heterocycles. The van der Waals surface area contributed by atoms with Crippen molar-refractivity contribution in [1.29, 1.82) is 0 Å². The number of carbonyl (C=O) groups is 7. The standard InChI is InChI=1S/C34H48O15/c1-7-26(35)43-17-15-13-14-16-32(41)49-25-34(23-47-30(39)11-5,24-48-31(40)12-6)19-42-18-33(20-44-27(36)8-2,21-45-28(37)9-3)22-46-29(38)10-4/h7-9,11H,1-3,5,10,12-25H2,4,6H3. The van der Waals surface area contributed by atoms with Gasteiger partial charge in [0.05, 0.1) is 30.7 Å². The highest BCUT2D eigenvalue weighted by Crippen LogP contribution is 2.26. The number of hydrogen-bond acceptors (Lipinski definition) is 15. The minimum Gasteiger partial charge on any atom is -0.465 e. The van der Waals surface area contributed by atoms with Gasteiger partial charge in [-0.2, -0.15) is 0 Å². The van der Waals surface area contributed by atoms with E-state index in [9.17, 15) is 33.6 Å². The SMILES string of the molecule is C=CC(=O)OCCCCCC(=O)OCC(COCC(COC(=O)C=C)(COC(=O)C=C)COC(=O)CC)(COC(=O)C=C)COC(=O)CC. The maximum Gasteiger partial charge on any atom is 0.330 e. The Morgan fingerprint density at radius 1 is 0.449 bits per heavy atom. The van der Waals surface area contributed by atoms with Gasteiger partial charge in [0, 0.05) is 43.6 Å². The molecule has 0 saturated heterocycles. The summed E-state index contributed by atoms with van der Waals surface area (Å²) in [4.78, 5) is 84.0. The third kappa shape index (κ3) is 20.2. The molecule has 0 N–H and O–H groups in total. The Morgan fingerprint density at radius 3 is 1.16 bits per heavy atom. The summed E-state index contributed by atoms with van der Waals surface area (Å²) in [6, 6.07) is 0. The van der Waals surface area contributed by atoms with Gasteiger partial charge in [-0.15, -0.1) is 0 Å². The van der Waals surface area contributed by atoms with Crippen LogP contribution in [0.25, 0.3) is 0 Å². The van der Waals surface area contributed by atoms with Crippen LogP contribution in [0.4, 0.5) is 0 Å². The van der Waals surface area contributed by atoms with Gasteiger partial charge in [-0.1, -0.05) is 40.2 Å². The van der Waals surface area contributed by atoms with Gasteiger partial charge >= 0.3 is 41.8 Å². The number of unbranched alkanes of at least 4 members (excludes halogenated alkanes) is 2. The van der Waals surface area contributed by atoms with Gasteiger partial charge in [0.15, 0.2) is 0 Å².